The number of aromatic nitrogens is 2. The molecule has 1 fully saturated rings. The van der Waals surface area contributed by atoms with Crippen LogP contribution in [0.1, 0.15) is 55.6 Å². The van der Waals surface area contributed by atoms with Gasteiger partial charge in [0, 0.05) is 36.0 Å². The molecule has 24 heavy (non-hydrogen) atoms. The van der Waals surface area contributed by atoms with E-state index in [-0.39, 0.29) is 24.0 Å². The summed E-state index contributed by atoms with van der Waals surface area (Å²) in [6, 6.07) is 2.02. The Balaban J connectivity index is 1.87. The molecule has 0 saturated heterocycles. The van der Waals surface area contributed by atoms with E-state index in [4.69, 9.17) is 16.3 Å². The number of hydrogen-bond donors (Lipinski definition) is 1. The molecule has 0 aliphatic heterocycles. The van der Waals surface area contributed by atoms with Gasteiger partial charge >= 0.3 is 0 Å². The summed E-state index contributed by atoms with van der Waals surface area (Å²) >= 11 is 6.36. The number of carbonyl (C=O) groups excluding carboxylic acids is 1. The van der Waals surface area contributed by atoms with Crippen molar-refractivity contribution < 1.29 is 9.53 Å². The number of ether oxygens (including phenoxy) is 1. The van der Waals surface area contributed by atoms with Gasteiger partial charge < -0.3 is 10.1 Å². The van der Waals surface area contributed by atoms with Gasteiger partial charge in [-0.25, -0.2) is 4.98 Å². The lowest BCUT2D eigenvalue weighted by molar-refractivity contribution is -0.00865. The van der Waals surface area contributed by atoms with Crippen LogP contribution in [0.4, 0.5) is 0 Å². The van der Waals surface area contributed by atoms with Crippen LogP contribution in [0.5, 0.6) is 0 Å². The Morgan fingerprint density at radius 3 is 2.83 bits per heavy atom. The average Bonchev–Trinajstić information content (AvgIpc) is 2.51. The fraction of sp³-hybridized carbons (Fsp3) is 0.500. The van der Waals surface area contributed by atoms with Crippen molar-refractivity contribution >= 4 is 28.3 Å². The van der Waals surface area contributed by atoms with Crippen molar-refractivity contribution in [2.75, 3.05) is 6.61 Å². The summed E-state index contributed by atoms with van der Waals surface area (Å²) in [4.78, 5) is 21.2. The molecule has 0 radical (unpaired) electrons. The Morgan fingerprint density at radius 1 is 1.42 bits per heavy atom. The third-order valence-corrected chi connectivity index (χ3v) is 4.71. The third-order valence-electron chi connectivity index (χ3n) is 4.42. The van der Waals surface area contributed by atoms with Gasteiger partial charge in [0.25, 0.3) is 5.91 Å². The van der Waals surface area contributed by atoms with Crippen molar-refractivity contribution in [3.05, 3.63) is 34.9 Å². The summed E-state index contributed by atoms with van der Waals surface area (Å²) in [5.41, 5.74) is 1.29. The van der Waals surface area contributed by atoms with Crippen LogP contribution >= 0.6 is 11.6 Å². The van der Waals surface area contributed by atoms with Crippen LogP contribution < -0.4 is 5.32 Å². The standard InChI is InChI=1S/C18H22ClN3O2/c1-4-24-12-7-11(8-12)21-18(23)16-14-9-20-6-5-13(14)15(10(2)3)17(19)22-16/h5-6,9-12H,4,7-8H2,1-3H3,(H,21,23). The van der Waals surface area contributed by atoms with Crippen molar-refractivity contribution in [2.24, 2.45) is 0 Å². The molecule has 2 heterocycles. The van der Waals surface area contributed by atoms with Crippen molar-refractivity contribution in [3.63, 3.8) is 0 Å². The highest BCUT2D eigenvalue weighted by molar-refractivity contribution is 6.31. The molecular weight excluding hydrogens is 326 g/mol. The van der Waals surface area contributed by atoms with Gasteiger partial charge in [-0.15, -0.1) is 0 Å². The predicted octanol–water partition coefficient (Wildman–Crippen LogP) is 3.70. The highest BCUT2D eigenvalue weighted by Crippen LogP contribution is 2.32. The molecule has 0 unspecified atom stereocenters. The van der Waals surface area contributed by atoms with Crippen LogP contribution in [0.15, 0.2) is 18.5 Å². The van der Waals surface area contributed by atoms with Crippen molar-refractivity contribution in [1.82, 2.24) is 15.3 Å². The topological polar surface area (TPSA) is 64.1 Å². The predicted molar refractivity (Wildman–Crippen MR) is 94.5 cm³/mol. The molecule has 1 aliphatic carbocycles. The molecule has 0 bridgehead atoms. The molecule has 1 saturated carbocycles. The SMILES string of the molecule is CCOC1CC(NC(=O)c2nc(Cl)c(C(C)C)c3ccncc23)C1. The minimum Gasteiger partial charge on any atom is -0.378 e. The van der Waals surface area contributed by atoms with Crippen molar-refractivity contribution in [3.8, 4) is 0 Å². The van der Waals surface area contributed by atoms with E-state index in [0.717, 1.165) is 29.2 Å². The van der Waals surface area contributed by atoms with Gasteiger partial charge in [0.1, 0.15) is 10.8 Å². The molecule has 0 atom stereocenters. The first-order valence-corrected chi connectivity index (χ1v) is 8.74. The summed E-state index contributed by atoms with van der Waals surface area (Å²) < 4.78 is 5.53. The number of fused-ring (bicyclic) bond motifs is 1. The van der Waals surface area contributed by atoms with Crippen LogP contribution in [0.3, 0.4) is 0 Å². The Bertz CT molecular complexity index is 757. The van der Waals surface area contributed by atoms with Crippen LogP contribution in [0, 0.1) is 0 Å². The summed E-state index contributed by atoms with van der Waals surface area (Å²) in [6.45, 7) is 6.80. The normalized spacial score (nSPS) is 20.2. The van der Waals surface area contributed by atoms with Gasteiger partial charge in [-0.3, -0.25) is 9.78 Å². The van der Waals surface area contributed by atoms with Crippen LogP contribution in [-0.4, -0.2) is 34.6 Å². The Morgan fingerprint density at radius 2 is 2.17 bits per heavy atom. The van der Waals surface area contributed by atoms with E-state index in [1.54, 1.807) is 12.4 Å². The maximum atomic E-state index is 12.7. The molecule has 0 aromatic carbocycles. The molecule has 5 nitrogen and oxygen atoms in total. The molecule has 0 spiro atoms. The molecule has 128 valence electrons. The third kappa shape index (κ3) is 3.23. The van der Waals surface area contributed by atoms with Gasteiger partial charge in [0.05, 0.1) is 6.10 Å². The average molecular weight is 348 g/mol. The van der Waals surface area contributed by atoms with E-state index in [1.807, 2.05) is 13.0 Å². The Hall–Kier alpha value is -1.72. The summed E-state index contributed by atoms with van der Waals surface area (Å²) in [6.07, 6.45) is 5.33. The fourth-order valence-corrected chi connectivity index (χ4v) is 3.58. The molecule has 2 aromatic heterocycles. The molecule has 2 aromatic rings. The Kier molecular flexibility index (Phi) is 5.01. The lowest BCUT2D eigenvalue weighted by Gasteiger charge is -2.35. The zero-order chi connectivity index (χ0) is 17.3. The first-order chi connectivity index (χ1) is 11.5. The highest BCUT2D eigenvalue weighted by Gasteiger charge is 2.31. The van der Waals surface area contributed by atoms with Crippen LogP contribution in [0.2, 0.25) is 5.15 Å². The van der Waals surface area contributed by atoms with Gasteiger partial charge in [-0.05, 0) is 37.1 Å². The van der Waals surface area contributed by atoms with Gasteiger partial charge in [-0.1, -0.05) is 25.4 Å². The van der Waals surface area contributed by atoms with Gasteiger partial charge in [0.2, 0.25) is 0 Å². The monoisotopic (exact) mass is 347 g/mol. The lowest BCUT2D eigenvalue weighted by atomic mass is 9.89. The second kappa shape index (κ2) is 7.03. The second-order valence-corrected chi connectivity index (χ2v) is 6.82. The van der Waals surface area contributed by atoms with Crippen LogP contribution in [-0.2, 0) is 4.74 Å². The van der Waals surface area contributed by atoms with E-state index in [1.165, 1.54) is 0 Å². The fourth-order valence-electron chi connectivity index (χ4n) is 3.18. The maximum absolute atomic E-state index is 12.7. The van der Waals surface area contributed by atoms with Crippen molar-refractivity contribution in [2.45, 2.75) is 51.7 Å². The number of nitrogens with zero attached hydrogens (tertiary/aromatic N) is 2. The zero-order valence-corrected chi connectivity index (χ0v) is 14.9. The van der Waals surface area contributed by atoms with Crippen molar-refractivity contribution in [1.29, 1.82) is 0 Å². The highest BCUT2D eigenvalue weighted by atomic mass is 35.5. The number of hydrogen-bond acceptors (Lipinski definition) is 4. The lowest BCUT2D eigenvalue weighted by Crippen LogP contribution is -2.48. The molecule has 1 N–H and O–H groups in total. The van der Waals surface area contributed by atoms with E-state index in [9.17, 15) is 4.79 Å². The number of rotatable bonds is 5. The quantitative estimate of drug-likeness (QED) is 0.837. The Labute approximate surface area is 146 Å². The summed E-state index contributed by atoms with van der Waals surface area (Å²) in [7, 11) is 0. The first kappa shape index (κ1) is 17.1. The number of pyridine rings is 2. The maximum Gasteiger partial charge on any atom is 0.270 e. The van der Waals surface area contributed by atoms with E-state index in [0.29, 0.717) is 17.5 Å². The summed E-state index contributed by atoms with van der Waals surface area (Å²) in [5.74, 6) is 0.00995. The first-order valence-electron chi connectivity index (χ1n) is 8.36. The number of nitrogens with one attached hydrogen (secondary N) is 1. The van der Waals surface area contributed by atoms with E-state index >= 15 is 0 Å². The van der Waals surface area contributed by atoms with E-state index < -0.39 is 0 Å². The minimum atomic E-state index is -0.204. The molecule has 3 rings (SSSR count). The number of amides is 1. The minimum absolute atomic E-state index is 0.131. The van der Waals surface area contributed by atoms with Gasteiger partial charge in [0.15, 0.2) is 0 Å². The number of halogens is 1. The molecular formula is C18H22ClN3O2. The van der Waals surface area contributed by atoms with Gasteiger partial charge in [-0.2, -0.15) is 0 Å². The van der Waals surface area contributed by atoms with E-state index in [2.05, 4.69) is 29.1 Å². The molecule has 6 heteroatoms. The summed E-state index contributed by atoms with van der Waals surface area (Å²) in [5, 5.41) is 5.08. The van der Waals surface area contributed by atoms with Crippen LogP contribution in [0.25, 0.3) is 10.8 Å². The molecule has 1 amide bonds. The second-order valence-electron chi connectivity index (χ2n) is 6.46. The molecule has 1 aliphatic rings. The smallest absolute Gasteiger partial charge is 0.270 e. The zero-order valence-electron chi connectivity index (χ0n) is 14.2. The number of carbonyl (C=O) groups is 1. The largest absolute Gasteiger partial charge is 0.378 e.